The normalized spacial score (nSPS) is 12.4. The maximum absolute atomic E-state index is 13.5. The summed E-state index contributed by atoms with van der Waals surface area (Å²) < 4.78 is 13.1. The standard InChI is InChI=1S/C39H51N11O8/c1-6-57-21-30-46-33-34(50(30)22-39(4,5)56)27-11-7-8-12-28(27)45-35(33)48-38(55)58-20-24-13-15-26(16-14-24)44-36(53)25(10-9-17-42-37(40)54)18-29(51)32(23(2)3)47-31(52)19-43-49-41/h7-8,11-16,23,25,32,56H,6,9-10,17-22H2,1-5H3,(H,44,53)(H,47,52)(H3,40,42,54)(H,45,48,55)/t25-,32+/m1/s1. The average molecular weight is 802 g/mol. The maximum Gasteiger partial charge on any atom is 0.413 e. The van der Waals surface area contributed by atoms with Gasteiger partial charge in [0.25, 0.3) is 0 Å². The van der Waals surface area contributed by atoms with Gasteiger partial charge in [-0.2, -0.15) is 0 Å². The summed E-state index contributed by atoms with van der Waals surface area (Å²) in [6.07, 6.45) is -0.418. The zero-order valence-corrected chi connectivity index (χ0v) is 33.3. The number of rotatable bonds is 21. The number of benzene rings is 2. The van der Waals surface area contributed by atoms with Gasteiger partial charge in [-0.1, -0.05) is 49.3 Å². The number of pyridine rings is 1. The first-order chi connectivity index (χ1) is 27.6. The van der Waals surface area contributed by atoms with Crippen molar-refractivity contribution < 1.29 is 38.6 Å². The zero-order chi connectivity index (χ0) is 42.4. The number of urea groups is 1. The lowest BCUT2D eigenvalue weighted by molar-refractivity contribution is -0.130. The molecule has 0 unspecified atom stereocenters. The van der Waals surface area contributed by atoms with E-state index >= 15 is 0 Å². The number of fused-ring (bicyclic) bond motifs is 3. The van der Waals surface area contributed by atoms with Crippen LogP contribution in [-0.4, -0.2) is 80.7 Å². The van der Waals surface area contributed by atoms with Gasteiger partial charge in [0.2, 0.25) is 11.8 Å². The molecule has 19 nitrogen and oxygen atoms in total. The van der Waals surface area contributed by atoms with Gasteiger partial charge < -0.3 is 40.8 Å². The average Bonchev–Trinajstić information content (AvgIpc) is 3.52. The highest BCUT2D eigenvalue weighted by Gasteiger charge is 2.30. The van der Waals surface area contributed by atoms with E-state index < -0.39 is 48.0 Å². The third-order valence-corrected chi connectivity index (χ3v) is 8.91. The van der Waals surface area contributed by atoms with Crippen LogP contribution in [0, 0.1) is 11.8 Å². The molecule has 2 aromatic carbocycles. The number of carbonyl (C=O) groups is 5. The van der Waals surface area contributed by atoms with Gasteiger partial charge in [-0.15, -0.1) is 0 Å². The topological polar surface area (TPSA) is 278 Å². The molecule has 0 fully saturated rings. The van der Waals surface area contributed by atoms with E-state index in [1.165, 1.54) is 0 Å². The molecule has 2 atom stereocenters. The Morgan fingerprint density at radius 1 is 1.03 bits per heavy atom. The molecular formula is C39H51N11O8. The predicted molar refractivity (Wildman–Crippen MR) is 216 cm³/mol. The number of primary amides is 1. The number of ketones is 1. The number of nitrogens with two attached hydrogens (primary N) is 1. The molecule has 0 bridgehead atoms. The first kappa shape index (κ1) is 44.4. The first-order valence-electron chi connectivity index (χ1n) is 18.9. The Kier molecular flexibility index (Phi) is 15.9. The molecule has 4 rings (SSSR count). The van der Waals surface area contributed by atoms with Crippen LogP contribution < -0.4 is 27.0 Å². The summed E-state index contributed by atoms with van der Waals surface area (Å²) in [6.45, 7) is 9.20. The lowest BCUT2D eigenvalue weighted by atomic mass is 9.89. The molecule has 0 spiro atoms. The number of nitrogens with one attached hydrogen (secondary N) is 4. The smallest absolute Gasteiger partial charge is 0.413 e. The van der Waals surface area contributed by atoms with Gasteiger partial charge in [0.15, 0.2) is 11.6 Å². The maximum atomic E-state index is 13.5. The summed E-state index contributed by atoms with van der Waals surface area (Å²) in [5.74, 6) is -1.86. The van der Waals surface area contributed by atoms with Gasteiger partial charge in [0.05, 0.1) is 29.2 Å². The fourth-order valence-electron chi connectivity index (χ4n) is 6.23. The number of para-hydroxylation sites is 1. The monoisotopic (exact) mass is 801 g/mol. The van der Waals surface area contributed by atoms with Crippen molar-refractivity contribution >= 4 is 63.2 Å². The highest BCUT2D eigenvalue weighted by Crippen LogP contribution is 2.32. The zero-order valence-electron chi connectivity index (χ0n) is 33.3. The van der Waals surface area contributed by atoms with Crippen molar-refractivity contribution in [2.75, 3.05) is 30.3 Å². The highest BCUT2D eigenvalue weighted by molar-refractivity contribution is 6.09. The van der Waals surface area contributed by atoms with Crippen molar-refractivity contribution in [3.05, 3.63) is 70.4 Å². The third-order valence-electron chi connectivity index (χ3n) is 8.91. The summed E-state index contributed by atoms with van der Waals surface area (Å²) in [5.41, 5.74) is 15.3. The quantitative estimate of drug-likeness (QED) is 0.0282. The van der Waals surface area contributed by atoms with Crippen LogP contribution in [0.3, 0.4) is 0 Å². The van der Waals surface area contributed by atoms with Crippen molar-refractivity contribution in [3.8, 4) is 0 Å². The van der Waals surface area contributed by atoms with Crippen LogP contribution in [0.4, 0.5) is 21.1 Å². The molecule has 0 aliphatic heterocycles. The van der Waals surface area contributed by atoms with E-state index in [9.17, 15) is 29.1 Å². The lowest BCUT2D eigenvalue weighted by Gasteiger charge is -2.24. The van der Waals surface area contributed by atoms with Crippen LogP contribution in [0.1, 0.15) is 65.3 Å². The van der Waals surface area contributed by atoms with Gasteiger partial charge >= 0.3 is 12.1 Å². The predicted octanol–water partition coefficient (Wildman–Crippen LogP) is 5.05. The van der Waals surface area contributed by atoms with Crippen molar-refractivity contribution in [1.82, 2.24) is 25.2 Å². The van der Waals surface area contributed by atoms with Crippen LogP contribution in [0.15, 0.2) is 53.6 Å². The third kappa shape index (κ3) is 12.9. The van der Waals surface area contributed by atoms with E-state index in [-0.39, 0.29) is 56.7 Å². The van der Waals surface area contributed by atoms with Crippen LogP contribution in [0.25, 0.3) is 32.4 Å². The molecule has 19 heteroatoms. The Labute approximate surface area is 335 Å². The molecule has 0 aliphatic rings. The van der Waals surface area contributed by atoms with Gasteiger partial charge in [0, 0.05) is 41.5 Å². The Bertz CT molecular complexity index is 2140. The fourth-order valence-corrected chi connectivity index (χ4v) is 6.23. The van der Waals surface area contributed by atoms with E-state index in [0.29, 0.717) is 46.7 Å². The molecule has 0 radical (unpaired) electrons. The lowest BCUT2D eigenvalue weighted by Crippen LogP contribution is -2.46. The Morgan fingerprint density at radius 3 is 2.41 bits per heavy atom. The molecule has 2 heterocycles. The van der Waals surface area contributed by atoms with Crippen LogP contribution >= 0.6 is 0 Å². The molecule has 0 aliphatic carbocycles. The summed E-state index contributed by atoms with van der Waals surface area (Å²) in [6, 6.07) is 12.4. The van der Waals surface area contributed by atoms with Gasteiger partial charge in [-0.3, -0.25) is 19.7 Å². The molecule has 58 heavy (non-hydrogen) atoms. The minimum Gasteiger partial charge on any atom is -0.444 e. The number of ether oxygens (including phenoxy) is 2. The van der Waals surface area contributed by atoms with Crippen molar-refractivity contribution in [2.45, 2.75) is 85.3 Å². The minimum absolute atomic E-state index is 0.120. The van der Waals surface area contributed by atoms with E-state index in [1.807, 2.05) is 35.8 Å². The summed E-state index contributed by atoms with van der Waals surface area (Å²) >= 11 is 0. The summed E-state index contributed by atoms with van der Waals surface area (Å²) in [4.78, 5) is 75.4. The van der Waals surface area contributed by atoms with Gasteiger partial charge in [-0.05, 0) is 68.8 Å². The van der Waals surface area contributed by atoms with Crippen LogP contribution in [0.2, 0.25) is 0 Å². The number of aliphatic hydroxyl groups is 1. The van der Waals surface area contributed by atoms with E-state index in [4.69, 9.17) is 25.7 Å². The Morgan fingerprint density at radius 2 is 1.76 bits per heavy atom. The number of azide groups is 1. The fraction of sp³-hybridized carbons (Fsp3) is 0.462. The largest absolute Gasteiger partial charge is 0.444 e. The Balaban J connectivity index is 1.45. The number of imidazole rings is 1. The SMILES string of the molecule is CCOCc1nc2c(NC(=O)OCc3ccc(NC(=O)[C@H](CCCNC(N)=O)CC(=O)[C@@H](NC(=O)CN=[N+]=[N-])C(C)C)cc3)nc3ccccc3c2n1CC(C)(C)O. The molecule has 0 saturated carbocycles. The first-order valence-corrected chi connectivity index (χ1v) is 18.9. The summed E-state index contributed by atoms with van der Waals surface area (Å²) in [7, 11) is 0. The molecule has 310 valence electrons. The highest BCUT2D eigenvalue weighted by atomic mass is 16.5. The van der Waals surface area contributed by atoms with Gasteiger partial charge in [0.1, 0.15) is 31.1 Å². The van der Waals surface area contributed by atoms with Crippen LogP contribution in [-0.2, 0) is 43.6 Å². The second kappa shape index (κ2) is 20.7. The van der Waals surface area contributed by atoms with Crippen molar-refractivity contribution in [2.24, 2.45) is 22.7 Å². The summed E-state index contributed by atoms with van der Waals surface area (Å²) in [5, 5.41) is 25.4. The second-order valence-electron chi connectivity index (χ2n) is 14.6. The molecule has 4 aromatic rings. The molecule has 5 amide bonds. The number of anilines is 2. The molecular weight excluding hydrogens is 750 g/mol. The van der Waals surface area contributed by atoms with Gasteiger partial charge in [-0.25, -0.2) is 19.6 Å². The Hall–Kier alpha value is -6.30. The van der Waals surface area contributed by atoms with E-state index in [1.54, 1.807) is 52.0 Å². The van der Waals surface area contributed by atoms with Crippen molar-refractivity contribution in [3.63, 3.8) is 0 Å². The second-order valence-corrected chi connectivity index (χ2v) is 14.6. The number of amides is 5. The minimum atomic E-state index is -1.08. The number of hydrogen-bond acceptors (Lipinski definition) is 11. The van der Waals surface area contributed by atoms with Crippen LogP contribution in [0.5, 0.6) is 0 Å². The molecule has 7 N–H and O–H groups in total. The molecule has 2 aromatic heterocycles. The number of carbonyl (C=O) groups excluding carboxylic acids is 5. The van der Waals surface area contributed by atoms with E-state index in [0.717, 1.165) is 5.39 Å². The number of aromatic nitrogens is 3. The number of hydrogen-bond donors (Lipinski definition) is 6. The number of Topliss-reactive ketones (excluding diaryl/α,β-unsaturated/α-hetero) is 1. The van der Waals surface area contributed by atoms with E-state index in [2.05, 4.69) is 36.3 Å². The van der Waals surface area contributed by atoms with Crippen molar-refractivity contribution in [1.29, 1.82) is 0 Å². The molecule has 0 saturated heterocycles. The number of nitrogens with zero attached hydrogens (tertiary/aromatic N) is 6.